The summed E-state index contributed by atoms with van der Waals surface area (Å²) in [6.07, 6.45) is 3.81. The van der Waals surface area contributed by atoms with Crippen LogP contribution in [0, 0.1) is 11.3 Å². The molecule has 3 N–H and O–H groups in total. The molecule has 12 heavy (non-hydrogen) atoms. The number of rotatable bonds is 5. The maximum absolute atomic E-state index is 6.16. The summed E-state index contributed by atoms with van der Waals surface area (Å²) in [6, 6.07) is 0.407. The molecule has 1 saturated carbocycles. The Kier molecular flexibility index (Phi) is 3.13. The van der Waals surface area contributed by atoms with Crippen LogP contribution in [0.4, 0.5) is 0 Å². The van der Waals surface area contributed by atoms with Crippen molar-refractivity contribution < 1.29 is 0 Å². The molecule has 72 valence electrons. The van der Waals surface area contributed by atoms with Gasteiger partial charge in [0.25, 0.3) is 0 Å². The van der Waals surface area contributed by atoms with E-state index in [1.54, 1.807) is 0 Å². The molecule has 1 fully saturated rings. The molecule has 1 rings (SSSR count). The molecule has 0 saturated heterocycles. The molecule has 0 aliphatic heterocycles. The van der Waals surface area contributed by atoms with E-state index < -0.39 is 0 Å². The van der Waals surface area contributed by atoms with E-state index in [4.69, 9.17) is 5.73 Å². The summed E-state index contributed by atoms with van der Waals surface area (Å²) in [7, 11) is 2.02. The predicted octanol–water partition coefficient (Wildman–Crippen LogP) is 1.36. The number of hydrogen-bond donors (Lipinski definition) is 2. The first-order chi connectivity index (χ1) is 5.60. The first-order valence-electron chi connectivity index (χ1n) is 5.01. The van der Waals surface area contributed by atoms with Gasteiger partial charge in [-0.25, -0.2) is 0 Å². The third kappa shape index (κ3) is 2.20. The topological polar surface area (TPSA) is 38.0 Å². The van der Waals surface area contributed by atoms with Crippen LogP contribution in [0.3, 0.4) is 0 Å². The summed E-state index contributed by atoms with van der Waals surface area (Å²) >= 11 is 0. The number of nitrogens with two attached hydrogens (primary N) is 1. The van der Waals surface area contributed by atoms with Crippen LogP contribution in [0.15, 0.2) is 0 Å². The molecule has 0 aromatic rings. The van der Waals surface area contributed by atoms with Crippen molar-refractivity contribution in [2.24, 2.45) is 17.1 Å². The Hall–Kier alpha value is -0.0800. The number of hydrogen-bond acceptors (Lipinski definition) is 2. The van der Waals surface area contributed by atoms with Crippen LogP contribution < -0.4 is 11.1 Å². The lowest BCUT2D eigenvalue weighted by atomic mass is 9.90. The molecule has 1 unspecified atom stereocenters. The first-order valence-corrected chi connectivity index (χ1v) is 5.01. The Morgan fingerprint density at radius 3 is 2.33 bits per heavy atom. The quantitative estimate of drug-likeness (QED) is 0.654. The number of nitrogens with one attached hydrogen (secondary N) is 1. The highest BCUT2D eigenvalue weighted by Gasteiger charge is 2.46. The van der Waals surface area contributed by atoms with Crippen LogP contribution in [0.2, 0.25) is 0 Å². The molecule has 1 aliphatic rings. The Morgan fingerprint density at radius 1 is 1.42 bits per heavy atom. The van der Waals surface area contributed by atoms with E-state index >= 15 is 0 Å². The molecule has 2 nitrogen and oxygen atoms in total. The Bertz CT molecular complexity index is 139. The summed E-state index contributed by atoms with van der Waals surface area (Å²) in [5.74, 6) is 0.731. The fourth-order valence-corrected chi connectivity index (χ4v) is 1.95. The van der Waals surface area contributed by atoms with Crippen LogP contribution in [0.5, 0.6) is 0 Å². The second-order valence-electron chi connectivity index (χ2n) is 4.63. The molecule has 0 bridgehead atoms. The minimum absolute atomic E-state index is 0.407. The van der Waals surface area contributed by atoms with Gasteiger partial charge in [0.1, 0.15) is 0 Å². The highest BCUT2D eigenvalue weighted by Crippen LogP contribution is 2.48. The molecule has 0 heterocycles. The van der Waals surface area contributed by atoms with Gasteiger partial charge in [-0.15, -0.1) is 0 Å². The van der Waals surface area contributed by atoms with Gasteiger partial charge in [-0.3, -0.25) is 0 Å². The fraction of sp³-hybridized carbons (Fsp3) is 1.00. The molecule has 0 aromatic carbocycles. The van der Waals surface area contributed by atoms with Gasteiger partial charge in [0.15, 0.2) is 0 Å². The summed E-state index contributed by atoms with van der Waals surface area (Å²) in [6.45, 7) is 5.59. The van der Waals surface area contributed by atoms with Crippen LogP contribution in [0.25, 0.3) is 0 Å². The van der Waals surface area contributed by atoms with E-state index in [-0.39, 0.29) is 0 Å². The summed E-state index contributed by atoms with van der Waals surface area (Å²) in [4.78, 5) is 0. The molecular formula is C10H22N2. The maximum Gasteiger partial charge on any atom is 0.0110 e. The van der Waals surface area contributed by atoms with Crippen LogP contribution >= 0.6 is 0 Å². The zero-order valence-electron chi connectivity index (χ0n) is 8.56. The predicted molar refractivity (Wildman–Crippen MR) is 53.0 cm³/mol. The minimum atomic E-state index is 0.407. The van der Waals surface area contributed by atoms with E-state index in [0.29, 0.717) is 11.5 Å². The highest BCUT2D eigenvalue weighted by atomic mass is 14.9. The van der Waals surface area contributed by atoms with Crippen molar-refractivity contribution in [1.29, 1.82) is 0 Å². The summed E-state index contributed by atoms with van der Waals surface area (Å²) in [5.41, 5.74) is 6.62. The van der Waals surface area contributed by atoms with Crippen molar-refractivity contribution >= 4 is 0 Å². The summed E-state index contributed by atoms with van der Waals surface area (Å²) in [5, 5.41) is 3.24. The van der Waals surface area contributed by atoms with Gasteiger partial charge in [0.2, 0.25) is 0 Å². The van der Waals surface area contributed by atoms with Crippen molar-refractivity contribution in [2.45, 2.75) is 39.2 Å². The molecule has 1 aliphatic carbocycles. The lowest BCUT2D eigenvalue weighted by Gasteiger charge is -2.24. The van der Waals surface area contributed by atoms with Crippen molar-refractivity contribution in [3.8, 4) is 0 Å². The summed E-state index contributed by atoms with van der Waals surface area (Å²) < 4.78 is 0. The fourth-order valence-electron chi connectivity index (χ4n) is 1.95. The van der Waals surface area contributed by atoms with Crippen LogP contribution in [-0.2, 0) is 0 Å². The standard InChI is InChI=1S/C10H22N2/c1-8(2)6-9(11)10(4-5-10)7-12-3/h8-9,12H,4-7,11H2,1-3H3. The molecule has 0 aromatic heterocycles. The lowest BCUT2D eigenvalue weighted by Crippen LogP contribution is -2.38. The Balaban J connectivity index is 2.35. The van der Waals surface area contributed by atoms with Gasteiger partial charge in [0, 0.05) is 12.6 Å². The van der Waals surface area contributed by atoms with E-state index in [2.05, 4.69) is 19.2 Å². The van der Waals surface area contributed by atoms with E-state index in [1.807, 2.05) is 7.05 Å². The van der Waals surface area contributed by atoms with Gasteiger partial charge < -0.3 is 11.1 Å². The van der Waals surface area contributed by atoms with Crippen LogP contribution in [0.1, 0.15) is 33.1 Å². The normalized spacial score (nSPS) is 22.8. The maximum atomic E-state index is 6.16. The SMILES string of the molecule is CNCC1(C(N)CC(C)C)CC1. The van der Waals surface area contributed by atoms with E-state index in [0.717, 1.165) is 12.5 Å². The zero-order valence-corrected chi connectivity index (χ0v) is 8.56. The average molecular weight is 170 g/mol. The molecule has 0 amide bonds. The van der Waals surface area contributed by atoms with Crippen molar-refractivity contribution in [1.82, 2.24) is 5.32 Å². The third-order valence-corrected chi connectivity index (χ3v) is 2.93. The van der Waals surface area contributed by atoms with E-state index in [1.165, 1.54) is 19.3 Å². The highest BCUT2D eigenvalue weighted by molar-refractivity contribution is 5.02. The first kappa shape index (κ1) is 10.0. The van der Waals surface area contributed by atoms with Crippen molar-refractivity contribution in [3.05, 3.63) is 0 Å². The lowest BCUT2D eigenvalue weighted by molar-refractivity contribution is 0.333. The smallest absolute Gasteiger partial charge is 0.0110 e. The van der Waals surface area contributed by atoms with Crippen LogP contribution in [-0.4, -0.2) is 19.6 Å². The molecule has 1 atom stereocenters. The third-order valence-electron chi connectivity index (χ3n) is 2.93. The average Bonchev–Trinajstić information content (AvgIpc) is 2.68. The monoisotopic (exact) mass is 170 g/mol. The van der Waals surface area contributed by atoms with Crippen molar-refractivity contribution in [3.63, 3.8) is 0 Å². The largest absolute Gasteiger partial charge is 0.327 e. The van der Waals surface area contributed by atoms with Gasteiger partial charge in [-0.05, 0) is 37.6 Å². The molecule has 2 heteroatoms. The second-order valence-corrected chi connectivity index (χ2v) is 4.63. The Labute approximate surface area is 75.9 Å². The van der Waals surface area contributed by atoms with Gasteiger partial charge in [0.05, 0.1) is 0 Å². The second kappa shape index (κ2) is 3.75. The molecule has 0 spiro atoms. The van der Waals surface area contributed by atoms with E-state index in [9.17, 15) is 0 Å². The van der Waals surface area contributed by atoms with Gasteiger partial charge in [-0.2, -0.15) is 0 Å². The van der Waals surface area contributed by atoms with Gasteiger partial charge in [-0.1, -0.05) is 13.8 Å². The molecular weight excluding hydrogens is 148 g/mol. The van der Waals surface area contributed by atoms with Gasteiger partial charge >= 0.3 is 0 Å². The van der Waals surface area contributed by atoms with Crippen molar-refractivity contribution in [2.75, 3.05) is 13.6 Å². The zero-order chi connectivity index (χ0) is 9.19. The molecule has 0 radical (unpaired) electrons. The minimum Gasteiger partial charge on any atom is -0.327 e. The Morgan fingerprint density at radius 2 is 2.00 bits per heavy atom.